The van der Waals surface area contributed by atoms with Gasteiger partial charge in [0.2, 0.25) is 17.5 Å². The van der Waals surface area contributed by atoms with E-state index in [9.17, 15) is 14.7 Å². The van der Waals surface area contributed by atoms with Gasteiger partial charge in [-0.1, -0.05) is 4.98 Å². The number of aliphatic carboxylic acids is 1. The van der Waals surface area contributed by atoms with E-state index in [1.54, 1.807) is 17.8 Å². The van der Waals surface area contributed by atoms with Gasteiger partial charge in [0, 0.05) is 11.5 Å². The maximum atomic E-state index is 11.7. The fourth-order valence-corrected chi connectivity index (χ4v) is 5.21. The van der Waals surface area contributed by atoms with Crippen molar-refractivity contribution in [2.75, 3.05) is 23.0 Å². The number of carboxylic acid groups (broad SMARTS) is 1. The van der Waals surface area contributed by atoms with Crippen LogP contribution < -0.4 is 16.0 Å². The van der Waals surface area contributed by atoms with Gasteiger partial charge in [-0.15, -0.1) is 11.8 Å². The first-order chi connectivity index (χ1) is 11.4. The van der Waals surface area contributed by atoms with Crippen molar-refractivity contribution in [2.45, 2.75) is 30.4 Å². The van der Waals surface area contributed by atoms with Crippen LogP contribution >= 0.6 is 23.5 Å². The zero-order valence-corrected chi connectivity index (χ0v) is 14.7. The molecule has 1 aromatic heterocycles. The molecule has 10 heteroatoms. The highest BCUT2D eigenvalue weighted by atomic mass is 32.2. The number of carbonyl (C=O) groups excluding carboxylic acids is 1. The average molecular weight is 368 g/mol. The Balaban J connectivity index is 1.87. The lowest BCUT2D eigenvalue weighted by Gasteiger charge is -2.43. The van der Waals surface area contributed by atoms with E-state index in [0.717, 1.165) is 0 Å². The highest BCUT2D eigenvalue weighted by Gasteiger charge is 2.45. The molecule has 0 radical (unpaired) electrons. The lowest BCUT2D eigenvalue weighted by molar-refractivity contribution is -0.719. The van der Waals surface area contributed by atoms with E-state index in [-0.39, 0.29) is 17.0 Å². The van der Waals surface area contributed by atoms with Gasteiger partial charge in [0.1, 0.15) is 5.70 Å². The number of carbonyl (C=O) groups is 2. The van der Waals surface area contributed by atoms with E-state index in [1.165, 1.54) is 16.7 Å². The number of nitrogens with zero attached hydrogens (tertiary/aromatic N) is 3. The lowest BCUT2D eigenvalue weighted by atomic mass is 10.1. The van der Waals surface area contributed by atoms with Crippen molar-refractivity contribution in [3.05, 3.63) is 17.3 Å². The Morgan fingerprint density at radius 2 is 2.33 bits per heavy atom. The second-order valence-electron chi connectivity index (χ2n) is 5.41. The summed E-state index contributed by atoms with van der Waals surface area (Å²) in [4.78, 5) is 29.0. The molecule has 0 unspecified atom stereocenters. The first-order valence-corrected chi connectivity index (χ1v) is 9.43. The molecule has 0 spiro atoms. The molecule has 1 amide bonds. The average Bonchev–Trinajstić information content (AvgIpc) is 2.51. The van der Waals surface area contributed by atoms with E-state index < -0.39 is 5.97 Å². The first kappa shape index (κ1) is 16.9. The Kier molecular flexibility index (Phi) is 4.59. The molecule has 2 aliphatic rings. The normalized spacial score (nSPS) is 20.0. The van der Waals surface area contributed by atoms with Crippen molar-refractivity contribution in [1.29, 1.82) is 0 Å². The summed E-state index contributed by atoms with van der Waals surface area (Å²) in [6, 6.07) is 1.59. The third-order valence-electron chi connectivity index (χ3n) is 3.89. The lowest BCUT2D eigenvalue weighted by Crippen LogP contribution is -2.54. The number of hydrogen-bond acceptors (Lipinski definition) is 7. The van der Waals surface area contributed by atoms with Crippen LogP contribution in [0.5, 0.6) is 0 Å². The summed E-state index contributed by atoms with van der Waals surface area (Å²) in [6.45, 7) is 2.58. The van der Waals surface area contributed by atoms with Crippen molar-refractivity contribution >= 4 is 47.0 Å². The first-order valence-electron chi connectivity index (χ1n) is 7.40. The van der Waals surface area contributed by atoms with Crippen LogP contribution in [0.4, 0.5) is 11.6 Å². The number of thioether (sulfide) groups is 2. The molecule has 128 valence electrons. The Morgan fingerprint density at radius 1 is 1.58 bits per heavy atom. The van der Waals surface area contributed by atoms with Gasteiger partial charge in [-0.05, 0) is 24.3 Å². The number of β-lactam (4-membered cyclic amide) rings is 1. The fraction of sp³-hybridized carbons (Fsp3) is 0.429. The standard InChI is InChI=1S/C14H17N5O3S2/c1-2-18-9(16)3-8(15)17-14(18)24-6-7-5-23-11-4-10(20)19(11)12(7)13(21)22/h3,11H,2,4-6H2,1H3,(H4,15,16,21,22)/p+1/t11-/m1/s1. The Bertz CT molecular complexity index is 752. The van der Waals surface area contributed by atoms with Gasteiger partial charge in [-0.3, -0.25) is 9.69 Å². The van der Waals surface area contributed by atoms with Gasteiger partial charge < -0.3 is 16.6 Å². The molecule has 5 N–H and O–H groups in total. The van der Waals surface area contributed by atoms with Crippen LogP contribution in [-0.4, -0.2) is 43.7 Å². The van der Waals surface area contributed by atoms with Crippen LogP contribution in [-0.2, 0) is 16.1 Å². The summed E-state index contributed by atoms with van der Waals surface area (Å²) < 4.78 is 1.82. The number of fused-ring (bicyclic) bond motifs is 1. The molecule has 24 heavy (non-hydrogen) atoms. The van der Waals surface area contributed by atoms with E-state index in [2.05, 4.69) is 4.98 Å². The van der Waals surface area contributed by atoms with Crippen molar-refractivity contribution in [1.82, 2.24) is 9.88 Å². The minimum atomic E-state index is -1.06. The van der Waals surface area contributed by atoms with Gasteiger partial charge in [0.15, 0.2) is 0 Å². The van der Waals surface area contributed by atoms with Crippen molar-refractivity contribution in [2.24, 2.45) is 0 Å². The summed E-state index contributed by atoms with van der Waals surface area (Å²) in [5.74, 6) is 0.641. The van der Waals surface area contributed by atoms with Gasteiger partial charge in [0.05, 0.1) is 24.4 Å². The second-order valence-corrected chi connectivity index (χ2v) is 7.52. The number of rotatable bonds is 5. The third-order valence-corrected chi connectivity index (χ3v) is 6.23. The quantitative estimate of drug-likeness (QED) is 0.293. The molecule has 2 aliphatic heterocycles. The van der Waals surface area contributed by atoms with Crippen LogP contribution in [0.1, 0.15) is 13.3 Å². The van der Waals surface area contributed by atoms with Gasteiger partial charge in [-0.2, -0.15) is 0 Å². The fourth-order valence-electron chi connectivity index (χ4n) is 2.71. The second kappa shape index (κ2) is 6.52. The smallest absolute Gasteiger partial charge is 0.352 e. The van der Waals surface area contributed by atoms with Crippen LogP contribution in [0, 0.1) is 0 Å². The van der Waals surface area contributed by atoms with Crippen molar-refractivity contribution < 1.29 is 19.3 Å². The van der Waals surface area contributed by atoms with Crippen LogP contribution in [0.15, 0.2) is 22.5 Å². The highest BCUT2D eigenvalue weighted by molar-refractivity contribution is 8.00. The van der Waals surface area contributed by atoms with Gasteiger partial charge >= 0.3 is 11.1 Å². The summed E-state index contributed by atoms with van der Waals surface area (Å²) >= 11 is 2.97. The summed E-state index contributed by atoms with van der Waals surface area (Å²) in [6.07, 6.45) is 0.408. The minimum absolute atomic E-state index is 0.0425. The topological polar surface area (TPSA) is 126 Å². The monoisotopic (exact) mass is 368 g/mol. The molecular weight excluding hydrogens is 350 g/mol. The summed E-state index contributed by atoms with van der Waals surface area (Å²) in [5.41, 5.74) is 12.5. The molecule has 0 saturated carbocycles. The van der Waals surface area contributed by atoms with Crippen LogP contribution in [0.3, 0.4) is 0 Å². The highest BCUT2D eigenvalue weighted by Crippen LogP contribution is 2.40. The molecule has 3 heterocycles. The van der Waals surface area contributed by atoms with E-state index in [0.29, 0.717) is 46.8 Å². The number of hydrogen-bond donors (Lipinski definition) is 3. The van der Waals surface area contributed by atoms with Crippen LogP contribution in [0.25, 0.3) is 0 Å². The molecule has 0 aromatic carbocycles. The predicted molar refractivity (Wildman–Crippen MR) is 92.0 cm³/mol. The van der Waals surface area contributed by atoms with Crippen LogP contribution in [0.2, 0.25) is 0 Å². The maximum absolute atomic E-state index is 11.7. The summed E-state index contributed by atoms with van der Waals surface area (Å²) in [7, 11) is 0. The zero-order valence-electron chi connectivity index (χ0n) is 13.1. The summed E-state index contributed by atoms with van der Waals surface area (Å²) in [5, 5.41) is 10.1. The predicted octanol–water partition coefficient (Wildman–Crippen LogP) is 0.289. The number of nitrogen functional groups attached to an aromatic ring is 2. The van der Waals surface area contributed by atoms with Crippen molar-refractivity contribution in [3.63, 3.8) is 0 Å². The van der Waals surface area contributed by atoms with E-state index >= 15 is 0 Å². The molecule has 1 fully saturated rings. The number of aromatic nitrogens is 2. The Hall–Kier alpha value is -1.94. The molecule has 1 atom stereocenters. The third kappa shape index (κ3) is 2.91. The zero-order chi connectivity index (χ0) is 17.4. The molecule has 0 bridgehead atoms. The molecule has 1 aromatic rings. The number of nitrogens with two attached hydrogens (primary N) is 2. The SMILES string of the molecule is CC[n+]1c(N)cc(N)nc1SCC1=C(C(=O)O)N2C(=O)C[C@H]2SC1. The molecule has 3 rings (SSSR count). The Labute approximate surface area is 147 Å². The Morgan fingerprint density at radius 3 is 2.96 bits per heavy atom. The number of carboxylic acids is 1. The number of amides is 1. The maximum Gasteiger partial charge on any atom is 0.352 e. The number of anilines is 2. The van der Waals surface area contributed by atoms with E-state index in [4.69, 9.17) is 11.5 Å². The molecule has 1 saturated heterocycles. The molecule has 0 aliphatic carbocycles. The van der Waals surface area contributed by atoms with E-state index in [1.807, 2.05) is 11.5 Å². The van der Waals surface area contributed by atoms with Gasteiger partial charge in [0.25, 0.3) is 0 Å². The van der Waals surface area contributed by atoms with Gasteiger partial charge in [-0.25, -0.2) is 9.36 Å². The van der Waals surface area contributed by atoms with Crippen molar-refractivity contribution in [3.8, 4) is 0 Å². The minimum Gasteiger partial charge on any atom is -0.477 e. The largest absolute Gasteiger partial charge is 0.477 e. The molecular formula is C14H18N5O3S2+. The molecule has 8 nitrogen and oxygen atoms in total.